The fourth-order valence-electron chi connectivity index (χ4n) is 7.76. The van der Waals surface area contributed by atoms with Crippen LogP contribution in [0.5, 0.6) is 0 Å². The van der Waals surface area contributed by atoms with E-state index in [1.54, 1.807) is 0 Å². The zero-order valence-electron chi connectivity index (χ0n) is 32.3. The van der Waals surface area contributed by atoms with Gasteiger partial charge in [-0.25, -0.2) is 15.0 Å². The van der Waals surface area contributed by atoms with Gasteiger partial charge < -0.3 is 4.42 Å². The van der Waals surface area contributed by atoms with Crippen LogP contribution in [0.15, 0.2) is 174 Å². The molecule has 8 aromatic carbocycles. The Balaban J connectivity index is 1.02. The van der Waals surface area contributed by atoms with Crippen LogP contribution in [0.2, 0.25) is 0 Å². The normalized spacial score (nSPS) is 11.3. The molecule has 10 aromatic rings. The lowest BCUT2D eigenvalue weighted by atomic mass is 9.59. The number of hydrogen-bond acceptors (Lipinski definition) is 4. The third kappa shape index (κ3) is 6.76. The maximum Gasteiger partial charge on any atom is 0.164 e. The molecule has 60 heavy (non-hydrogen) atoms. The molecule has 0 fully saturated rings. The standard InChI is InChI=1S/C51H28B5N3O/c52-44-43(45(53)47(55)48(56)46(44)54)36-12-7-13-37(26-36)50-57-49(34-10-5-2-6-11-34)58-51(59-50)38-23-25-42-40(28-38)39-27-35(22-24-41(39)60-42)33-20-18-32(19-21-33)31-16-14-30(15-17-31)29-8-3-1-4-9-29/h1-28H. The summed E-state index contributed by atoms with van der Waals surface area (Å²) in [7, 11) is 31.4. The van der Waals surface area contributed by atoms with Crippen molar-refractivity contribution >= 4 is 88.5 Å². The second-order valence-corrected chi connectivity index (χ2v) is 14.7. The van der Waals surface area contributed by atoms with Gasteiger partial charge in [-0.15, -0.1) is 16.4 Å². The molecule has 0 aliphatic heterocycles. The summed E-state index contributed by atoms with van der Waals surface area (Å²) in [5.74, 6) is 1.49. The molecule has 268 valence electrons. The van der Waals surface area contributed by atoms with Crippen molar-refractivity contribution in [2.75, 3.05) is 0 Å². The summed E-state index contributed by atoms with van der Waals surface area (Å²) in [5, 5.41) is 1.95. The van der Waals surface area contributed by atoms with Gasteiger partial charge in [-0.3, -0.25) is 0 Å². The largest absolute Gasteiger partial charge is 0.456 e. The Kier molecular flexibility index (Phi) is 9.45. The molecule has 0 saturated carbocycles. The van der Waals surface area contributed by atoms with Crippen LogP contribution < -0.4 is 27.3 Å². The summed E-state index contributed by atoms with van der Waals surface area (Å²) < 4.78 is 6.34. The second kappa shape index (κ2) is 15.2. The van der Waals surface area contributed by atoms with Crippen LogP contribution in [0.1, 0.15) is 0 Å². The molecule has 2 heterocycles. The summed E-state index contributed by atoms with van der Waals surface area (Å²) in [6.07, 6.45) is 0. The number of fused-ring (bicyclic) bond motifs is 3. The van der Waals surface area contributed by atoms with Crippen molar-refractivity contribution in [3.05, 3.63) is 170 Å². The highest BCUT2D eigenvalue weighted by molar-refractivity contribution is 6.68. The lowest BCUT2D eigenvalue weighted by molar-refractivity contribution is 0.669. The molecule has 10 radical (unpaired) electrons. The number of hydrogen-bond donors (Lipinski definition) is 0. The molecular formula is C51H28B5N3O. The van der Waals surface area contributed by atoms with Crippen LogP contribution in [0, 0.1) is 0 Å². The van der Waals surface area contributed by atoms with Crippen molar-refractivity contribution in [1.29, 1.82) is 0 Å². The van der Waals surface area contributed by atoms with Gasteiger partial charge in [0.15, 0.2) is 17.5 Å². The second-order valence-electron chi connectivity index (χ2n) is 14.7. The van der Waals surface area contributed by atoms with Crippen molar-refractivity contribution in [3.8, 4) is 78.7 Å². The number of benzene rings is 8. The number of rotatable bonds is 7. The first kappa shape index (κ1) is 37.2. The third-order valence-corrected chi connectivity index (χ3v) is 11.0. The first-order chi connectivity index (χ1) is 29.3. The first-order valence-corrected chi connectivity index (χ1v) is 19.5. The Morgan fingerprint density at radius 3 is 1.17 bits per heavy atom. The molecule has 0 amide bonds. The summed E-state index contributed by atoms with van der Waals surface area (Å²) in [5.41, 5.74) is 13.1. The maximum absolute atomic E-state index is 6.45. The Morgan fingerprint density at radius 1 is 0.283 bits per heavy atom. The van der Waals surface area contributed by atoms with E-state index in [-0.39, 0.29) is 27.3 Å². The molecule has 9 heteroatoms. The van der Waals surface area contributed by atoms with E-state index in [4.69, 9.17) is 58.6 Å². The van der Waals surface area contributed by atoms with Crippen molar-refractivity contribution in [2.45, 2.75) is 0 Å². The zero-order chi connectivity index (χ0) is 40.9. The van der Waals surface area contributed by atoms with Crippen molar-refractivity contribution in [1.82, 2.24) is 15.0 Å². The summed E-state index contributed by atoms with van der Waals surface area (Å²) in [6, 6.07) is 57.6. The van der Waals surface area contributed by atoms with Gasteiger partial charge in [0.05, 0.1) is 0 Å². The SMILES string of the molecule is [B]c1c([B])c([B])c(-c2cccc(-c3nc(-c4ccccc4)nc(-c4ccc5oc6ccc(-c7ccc(-c8ccc(-c9ccccc9)cc8)cc7)cc6c5c4)n3)c2)c([B])c1[B]. The Hall–Kier alpha value is -7.11. The van der Waals surface area contributed by atoms with E-state index in [0.29, 0.717) is 28.6 Å². The predicted octanol–water partition coefficient (Wildman–Crippen LogP) is 7.41. The van der Waals surface area contributed by atoms with Gasteiger partial charge in [0.2, 0.25) is 0 Å². The first-order valence-electron chi connectivity index (χ1n) is 19.5. The molecule has 0 saturated heterocycles. The van der Waals surface area contributed by atoms with Crippen LogP contribution >= 0.6 is 0 Å². The molecule has 0 N–H and O–H groups in total. The van der Waals surface area contributed by atoms with E-state index >= 15 is 0 Å². The van der Waals surface area contributed by atoms with Gasteiger partial charge in [0.1, 0.15) is 50.4 Å². The third-order valence-electron chi connectivity index (χ3n) is 11.0. The number of aromatic nitrogens is 3. The Labute approximate surface area is 354 Å². The summed E-state index contributed by atoms with van der Waals surface area (Å²) in [4.78, 5) is 15.0. The average molecular weight is 753 g/mol. The highest BCUT2D eigenvalue weighted by Crippen LogP contribution is 2.36. The van der Waals surface area contributed by atoms with Gasteiger partial charge in [-0.1, -0.05) is 144 Å². The number of nitrogens with zero attached hydrogens (tertiary/aromatic N) is 3. The van der Waals surface area contributed by atoms with E-state index in [0.717, 1.165) is 55.3 Å². The minimum Gasteiger partial charge on any atom is -0.456 e. The lowest BCUT2D eigenvalue weighted by Gasteiger charge is -2.21. The van der Waals surface area contributed by atoms with Crippen molar-refractivity contribution in [3.63, 3.8) is 0 Å². The maximum atomic E-state index is 6.45. The van der Waals surface area contributed by atoms with Gasteiger partial charge in [-0.2, -0.15) is 0 Å². The van der Waals surface area contributed by atoms with E-state index in [1.165, 1.54) is 16.7 Å². The molecule has 0 aliphatic rings. The van der Waals surface area contributed by atoms with Gasteiger partial charge in [-0.05, 0) is 80.9 Å². The fourth-order valence-corrected chi connectivity index (χ4v) is 7.76. The molecule has 0 atom stereocenters. The van der Waals surface area contributed by atoms with Crippen LogP contribution in [0.3, 0.4) is 0 Å². The van der Waals surface area contributed by atoms with Crippen LogP contribution in [-0.2, 0) is 0 Å². The van der Waals surface area contributed by atoms with Crippen LogP contribution in [0.4, 0.5) is 0 Å². The van der Waals surface area contributed by atoms with Crippen molar-refractivity contribution < 1.29 is 4.42 Å². The minimum absolute atomic E-state index is 0.161. The quantitative estimate of drug-likeness (QED) is 0.159. The summed E-state index contributed by atoms with van der Waals surface area (Å²) in [6.45, 7) is 0. The highest BCUT2D eigenvalue weighted by atomic mass is 16.3. The average Bonchev–Trinajstić information content (AvgIpc) is 3.68. The summed E-state index contributed by atoms with van der Waals surface area (Å²) >= 11 is 0. The van der Waals surface area contributed by atoms with Gasteiger partial charge in [0.25, 0.3) is 0 Å². The van der Waals surface area contributed by atoms with E-state index in [1.807, 2.05) is 78.9 Å². The highest BCUT2D eigenvalue weighted by Gasteiger charge is 2.18. The molecule has 0 spiro atoms. The van der Waals surface area contributed by atoms with Crippen LogP contribution in [0.25, 0.3) is 101 Å². The molecule has 0 aliphatic carbocycles. The monoisotopic (exact) mass is 753 g/mol. The topological polar surface area (TPSA) is 51.8 Å². The molecular weight excluding hydrogens is 725 g/mol. The fraction of sp³-hybridized carbons (Fsp3) is 0. The number of furan rings is 1. The van der Waals surface area contributed by atoms with Gasteiger partial charge >= 0.3 is 0 Å². The smallest absolute Gasteiger partial charge is 0.164 e. The zero-order valence-corrected chi connectivity index (χ0v) is 32.3. The van der Waals surface area contributed by atoms with E-state index in [9.17, 15) is 0 Å². The Bertz CT molecular complexity index is 3210. The van der Waals surface area contributed by atoms with Gasteiger partial charge in [0, 0.05) is 27.5 Å². The molecule has 0 bridgehead atoms. The van der Waals surface area contributed by atoms with E-state index < -0.39 is 0 Å². The Morgan fingerprint density at radius 2 is 0.633 bits per heavy atom. The van der Waals surface area contributed by atoms with Crippen molar-refractivity contribution in [2.24, 2.45) is 0 Å². The predicted molar refractivity (Wildman–Crippen MR) is 252 cm³/mol. The van der Waals surface area contributed by atoms with E-state index in [2.05, 4.69) is 91.0 Å². The minimum atomic E-state index is 0.161. The molecule has 4 nitrogen and oxygen atoms in total. The van der Waals surface area contributed by atoms with Crippen LogP contribution in [-0.4, -0.2) is 54.2 Å². The molecule has 2 aromatic heterocycles. The molecule has 10 rings (SSSR count). The lowest BCUT2D eigenvalue weighted by Crippen LogP contribution is -2.55. The molecule has 0 unspecified atom stereocenters.